The molecule has 0 amide bonds. The van der Waals surface area contributed by atoms with Crippen molar-refractivity contribution in [3.05, 3.63) is 65.2 Å². The number of hydrogen-bond acceptors (Lipinski definition) is 2. The molecule has 24 heavy (non-hydrogen) atoms. The molecule has 1 N–H and O–H groups in total. The van der Waals surface area contributed by atoms with Gasteiger partial charge in [-0.15, -0.1) is 0 Å². The number of anilines is 1. The Hall–Kier alpha value is -1.91. The van der Waals surface area contributed by atoms with E-state index in [0.717, 1.165) is 30.4 Å². The zero-order chi connectivity index (χ0) is 17.5. The van der Waals surface area contributed by atoms with Crippen LogP contribution in [-0.4, -0.2) is 42.1 Å². The molecule has 0 aliphatic heterocycles. The molecule has 0 heterocycles. The summed E-state index contributed by atoms with van der Waals surface area (Å²) in [4.78, 5) is 4.41. The normalized spacial score (nSPS) is 10.7. The third-order valence-corrected chi connectivity index (χ3v) is 4.53. The van der Waals surface area contributed by atoms with Gasteiger partial charge in [-0.3, -0.25) is 0 Å². The number of likely N-dealkylation sites (N-methyl/N-ethyl adjacent to an activating group) is 1. The van der Waals surface area contributed by atoms with E-state index < -0.39 is 0 Å². The van der Waals surface area contributed by atoms with Crippen molar-refractivity contribution in [1.82, 2.24) is 9.80 Å². The van der Waals surface area contributed by atoms with Gasteiger partial charge in [-0.2, -0.15) is 0 Å². The lowest BCUT2D eigenvalue weighted by molar-refractivity contribution is 0.328. The number of aryl methyl sites for hydroxylation is 1. The minimum absolute atomic E-state index is 0.773. The van der Waals surface area contributed by atoms with Gasteiger partial charge in [0.25, 0.3) is 0 Å². The maximum atomic E-state index is 5.71. The second kappa shape index (κ2) is 8.81. The lowest BCUT2D eigenvalue weighted by atomic mass is 10.1. The molecule has 0 fully saturated rings. The second-order valence-corrected chi connectivity index (χ2v) is 6.77. The molecule has 4 heteroatoms. The van der Waals surface area contributed by atoms with Crippen molar-refractivity contribution in [3.8, 4) is 0 Å². The Bertz CT molecular complexity index is 668. The summed E-state index contributed by atoms with van der Waals surface area (Å²) in [5.41, 5.74) is 4.86. The Balaban J connectivity index is 2.12. The van der Waals surface area contributed by atoms with Gasteiger partial charge in [0.1, 0.15) is 0 Å². The molecule has 0 bridgehead atoms. The first kappa shape index (κ1) is 18.4. The Kier molecular flexibility index (Phi) is 6.76. The smallest absolute Gasteiger partial charge is 0.173 e. The van der Waals surface area contributed by atoms with Gasteiger partial charge < -0.3 is 15.1 Å². The minimum atomic E-state index is 0.773. The Morgan fingerprint density at radius 1 is 0.958 bits per heavy atom. The third kappa shape index (κ3) is 5.32. The van der Waals surface area contributed by atoms with E-state index in [4.69, 9.17) is 12.2 Å². The van der Waals surface area contributed by atoms with Gasteiger partial charge in [-0.05, 0) is 62.9 Å². The van der Waals surface area contributed by atoms with E-state index in [1.165, 1.54) is 16.7 Å². The highest BCUT2D eigenvalue weighted by atomic mass is 32.1. The number of nitrogens with one attached hydrogen (secondary N) is 1. The van der Waals surface area contributed by atoms with Crippen molar-refractivity contribution in [2.45, 2.75) is 20.4 Å². The summed E-state index contributed by atoms with van der Waals surface area (Å²) in [5.74, 6) is 0. The van der Waals surface area contributed by atoms with Crippen LogP contribution in [0, 0.1) is 13.8 Å². The molecule has 0 aliphatic carbocycles. The first-order chi connectivity index (χ1) is 11.5. The average Bonchev–Trinajstić information content (AvgIpc) is 2.56. The van der Waals surface area contributed by atoms with Crippen LogP contribution in [0.3, 0.4) is 0 Å². The van der Waals surface area contributed by atoms with Crippen LogP contribution in [0.5, 0.6) is 0 Å². The summed E-state index contributed by atoms with van der Waals surface area (Å²) in [6.45, 7) is 6.91. The summed E-state index contributed by atoms with van der Waals surface area (Å²) >= 11 is 5.71. The highest BCUT2D eigenvalue weighted by Gasteiger charge is 2.12. The minimum Gasteiger partial charge on any atom is -0.343 e. The van der Waals surface area contributed by atoms with Crippen molar-refractivity contribution in [1.29, 1.82) is 0 Å². The van der Waals surface area contributed by atoms with Crippen LogP contribution in [0.15, 0.2) is 48.5 Å². The van der Waals surface area contributed by atoms with E-state index in [0.29, 0.717) is 0 Å². The molecule has 0 radical (unpaired) electrons. The van der Waals surface area contributed by atoms with E-state index in [1.807, 2.05) is 6.07 Å². The van der Waals surface area contributed by atoms with Crippen LogP contribution < -0.4 is 5.32 Å². The Morgan fingerprint density at radius 3 is 2.33 bits per heavy atom. The maximum Gasteiger partial charge on any atom is 0.173 e. The topological polar surface area (TPSA) is 18.5 Å². The first-order valence-electron chi connectivity index (χ1n) is 8.28. The first-order valence-corrected chi connectivity index (χ1v) is 8.69. The molecule has 0 saturated carbocycles. The second-order valence-electron chi connectivity index (χ2n) is 6.39. The number of rotatable bonds is 6. The summed E-state index contributed by atoms with van der Waals surface area (Å²) in [5, 5.41) is 4.21. The third-order valence-electron chi connectivity index (χ3n) is 4.17. The molecule has 2 aromatic carbocycles. The molecule has 0 spiro atoms. The van der Waals surface area contributed by atoms with Crippen LogP contribution in [0.1, 0.15) is 16.7 Å². The zero-order valence-corrected chi connectivity index (χ0v) is 15.9. The fourth-order valence-electron chi connectivity index (χ4n) is 2.46. The summed E-state index contributed by atoms with van der Waals surface area (Å²) in [7, 11) is 4.17. The lowest BCUT2D eigenvalue weighted by Gasteiger charge is -2.28. The Labute approximate surface area is 151 Å². The quantitative estimate of drug-likeness (QED) is 0.798. The number of hydrogen-bond donors (Lipinski definition) is 1. The van der Waals surface area contributed by atoms with Crippen LogP contribution in [-0.2, 0) is 6.54 Å². The van der Waals surface area contributed by atoms with E-state index in [-0.39, 0.29) is 0 Å². The van der Waals surface area contributed by atoms with Crippen molar-refractivity contribution >= 4 is 23.0 Å². The predicted molar refractivity (Wildman–Crippen MR) is 108 cm³/mol. The number of thiocarbonyl (C=S) groups is 1. The van der Waals surface area contributed by atoms with Crippen molar-refractivity contribution in [3.63, 3.8) is 0 Å². The lowest BCUT2D eigenvalue weighted by Crippen LogP contribution is -2.38. The zero-order valence-electron chi connectivity index (χ0n) is 15.0. The highest BCUT2D eigenvalue weighted by Crippen LogP contribution is 2.19. The molecule has 0 aromatic heterocycles. The highest BCUT2D eigenvalue weighted by molar-refractivity contribution is 7.80. The molecular formula is C20H27N3S. The van der Waals surface area contributed by atoms with E-state index in [9.17, 15) is 0 Å². The monoisotopic (exact) mass is 341 g/mol. The molecule has 0 saturated heterocycles. The molecular weight excluding hydrogens is 314 g/mol. The SMILES string of the molecule is Cc1cccc(NC(=S)N(CCN(C)C)Cc2ccccc2)c1C. The van der Waals surface area contributed by atoms with Crippen LogP contribution in [0.25, 0.3) is 0 Å². The van der Waals surface area contributed by atoms with Gasteiger partial charge in [-0.25, -0.2) is 0 Å². The van der Waals surface area contributed by atoms with Crippen molar-refractivity contribution in [2.75, 3.05) is 32.5 Å². The van der Waals surface area contributed by atoms with Gasteiger partial charge in [0.15, 0.2) is 5.11 Å². The van der Waals surface area contributed by atoms with Crippen LogP contribution >= 0.6 is 12.2 Å². The molecule has 0 unspecified atom stereocenters. The summed E-state index contributed by atoms with van der Waals surface area (Å²) < 4.78 is 0. The molecule has 0 aliphatic rings. The van der Waals surface area contributed by atoms with Crippen molar-refractivity contribution in [2.24, 2.45) is 0 Å². The predicted octanol–water partition coefficient (Wildman–Crippen LogP) is 4.06. The summed E-state index contributed by atoms with van der Waals surface area (Å²) in [6.07, 6.45) is 0. The van der Waals surface area contributed by atoms with Gasteiger partial charge >= 0.3 is 0 Å². The van der Waals surface area contributed by atoms with Crippen LogP contribution in [0.2, 0.25) is 0 Å². The Morgan fingerprint density at radius 2 is 1.67 bits per heavy atom. The standard InChI is InChI=1S/C20H27N3S/c1-16-9-8-12-19(17(16)2)21-20(24)23(14-13-22(3)4)15-18-10-6-5-7-11-18/h5-12H,13-15H2,1-4H3,(H,21,24). The molecule has 3 nitrogen and oxygen atoms in total. The number of benzene rings is 2. The summed E-state index contributed by atoms with van der Waals surface area (Å²) in [6, 6.07) is 16.7. The fraction of sp³-hybridized carbons (Fsp3) is 0.350. The molecule has 0 atom stereocenters. The van der Waals surface area contributed by atoms with Crippen molar-refractivity contribution < 1.29 is 0 Å². The molecule has 2 rings (SSSR count). The van der Waals surface area contributed by atoms with Gasteiger partial charge in [0.05, 0.1) is 0 Å². The van der Waals surface area contributed by atoms with Crippen LogP contribution in [0.4, 0.5) is 5.69 Å². The number of nitrogens with zero attached hydrogens (tertiary/aromatic N) is 2. The van der Waals surface area contributed by atoms with Gasteiger partial charge in [-0.1, -0.05) is 42.5 Å². The van der Waals surface area contributed by atoms with E-state index in [1.54, 1.807) is 0 Å². The average molecular weight is 342 g/mol. The fourth-order valence-corrected chi connectivity index (χ4v) is 2.72. The molecule has 2 aromatic rings. The van der Waals surface area contributed by atoms with E-state index >= 15 is 0 Å². The van der Waals surface area contributed by atoms with E-state index in [2.05, 4.69) is 85.5 Å². The maximum absolute atomic E-state index is 5.71. The van der Waals surface area contributed by atoms with Gasteiger partial charge in [0.2, 0.25) is 0 Å². The molecule has 128 valence electrons. The largest absolute Gasteiger partial charge is 0.343 e. The van der Waals surface area contributed by atoms with Gasteiger partial charge in [0, 0.05) is 25.3 Å².